The SMILES string of the molecule is Cc1cc(C)c(C(Cl)C2OCCC2C)c(C)c1Br. The van der Waals surface area contributed by atoms with Crippen molar-refractivity contribution in [2.75, 3.05) is 6.61 Å². The maximum Gasteiger partial charge on any atom is 0.0855 e. The summed E-state index contributed by atoms with van der Waals surface area (Å²) in [6, 6.07) is 2.20. The van der Waals surface area contributed by atoms with Gasteiger partial charge in [0.1, 0.15) is 0 Å². The predicted octanol–water partition coefficient (Wildman–Crippen LogP) is 5.08. The summed E-state index contributed by atoms with van der Waals surface area (Å²) >= 11 is 10.4. The van der Waals surface area contributed by atoms with Crippen LogP contribution in [0, 0.1) is 26.7 Å². The van der Waals surface area contributed by atoms with Crippen LogP contribution in [0.15, 0.2) is 10.5 Å². The van der Waals surface area contributed by atoms with Gasteiger partial charge >= 0.3 is 0 Å². The zero-order chi connectivity index (χ0) is 13.4. The Bertz CT molecular complexity index is 458. The van der Waals surface area contributed by atoms with Gasteiger partial charge in [0.25, 0.3) is 0 Å². The number of ether oxygens (including phenoxy) is 1. The van der Waals surface area contributed by atoms with Gasteiger partial charge < -0.3 is 4.74 Å². The fourth-order valence-electron chi connectivity index (χ4n) is 2.86. The molecule has 0 N–H and O–H groups in total. The average molecular weight is 332 g/mol. The number of benzene rings is 1. The number of alkyl halides is 1. The second-order valence-electron chi connectivity index (χ2n) is 5.37. The van der Waals surface area contributed by atoms with Crippen LogP contribution in [-0.4, -0.2) is 12.7 Å². The van der Waals surface area contributed by atoms with Crippen LogP contribution in [0.2, 0.25) is 0 Å². The Labute approximate surface area is 123 Å². The summed E-state index contributed by atoms with van der Waals surface area (Å²) in [4.78, 5) is 0. The Kier molecular flexibility index (Phi) is 4.40. The molecule has 1 aromatic carbocycles. The van der Waals surface area contributed by atoms with E-state index in [1.807, 2.05) is 0 Å². The van der Waals surface area contributed by atoms with E-state index < -0.39 is 0 Å². The van der Waals surface area contributed by atoms with Crippen LogP contribution in [0.25, 0.3) is 0 Å². The first kappa shape index (κ1) is 14.4. The van der Waals surface area contributed by atoms with Crippen LogP contribution < -0.4 is 0 Å². The number of hydrogen-bond donors (Lipinski definition) is 0. The molecule has 1 heterocycles. The van der Waals surface area contributed by atoms with Crippen molar-refractivity contribution in [2.45, 2.75) is 45.6 Å². The van der Waals surface area contributed by atoms with Gasteiger partial charge in [-0.3, -0.25) is 0 Å². The van der Waals surface area contributed by atoms with Crippen molar-refractivity contribution in [2.24, 2.45) is 5.92 Å². The molecule has 0 radical (unpaired) electrons. The fourth-order valence-corrected chi connectivity index (χ4v) is 3.84. The molecule has 1 aliphatic heterocycles. The highest BCUT2D eigenvalue weighted by Crippen LogP contribution is 2.40. The minimum absolute atomic E-state index is 0.0561. The molecule has 1 nitrogen and oxygen atoms in total. The lowest BCUT2D eigenvalue weighted by Gasteiger charge is -2.25. The van der Waals surface area contributed by atoms with E-state index in [9.17, 15) is 0 Å². The minimum atomic E-state index is -0.0561. The first-order chi connectivity index (χ1) is 8.43. The van der Waals surface area contributed by atoms with E-state index in [4.69, 9.17) is 16.3 Å². The van der Waals surface area contributed by atoms with E-state index in [-0.39, 0.29) is 11.5 Å². The van der Waals surface area contributed by atoms with E-state index in [1.54, 1.807) is 0 Å². The summed E-state index contributed by atoms with van der Waals surface area (Å²) in [6.45, 7) is 9.44. The second-order valence-corrected chi connectivity index (χ2v) is 6.63. The zero-order valence-corrected chi connectivity index (χ0v) is 13.7. The van der Waals surface area contributed by atoms with Crippen LogP contribution in [0.3, 0.4) is 0 Å². The van der Waals surface area contributed by atoms with Crippen molar-refractivity contribution in [3.63, 3.8) is 0 Å². The molecular weight excluding hydrogens is 312 g/mol. The van der Waals surface area contributed by atoms with Crippen LogP contribution in [0.1, 0.15) is 41.0 Å². The summed E-state index contributed by atoms with van der Waals surface area (Å²) in [5.74, 6) is 0.534. The van der Waals surface area contributed by atoms with E-state index in [0.29, 0.717) is 5.92 Å². The summed E-state index contributed by atoms with van der Waals surface area (Å²) in [7, 11) is 0. The van der Waals surface area contributed by atoms with E-state index >= 15 is 0 Å². The first-order valence-corrected chi connectivity index (χ1v) is 7.68. The molecule has 0 saturated carbocycles. The number of halogens is 2. The highest BCUT2D eigenvalue weighted by Gasteiger charge is 2.33. The maximum absolute atomic E-state index is 6.70. The summed E-state index contributed by atoms with van der Waals surface area (Å²) in [5, 5.41) is -0.0561. The highest BCUT2D eigenvalue weighted by atomic mass is 79.9. The minimum Gasteiger partial charge on any atom is -0.376 e. The lowest BCUT2D eigenvalue weighted by molar-refractivity contribution is 0.0901. The lowest BCUT2D eigenvalue weighted by Crippen LogP contribution is -2.21. The zero-order valence-electron chi connectivity index (χ0n) is 11.4. The Morgan fingerprint density at radius 3 is 2.56 bits per heavy atom. The fraction of sp³-hybridized carbons (Fsp3) is 0.600. The monoisotopic (exact) mass is 330 g/mol. The molecule has 2 rings (SSSR count). The number of rotatable bonds is 2. The molecule has 0 spiro atoms. The van der Waals surface area contributed by atoms with Crippen LogP contribution in [-0.2, 0) is 4.74 Å². The van der Waals surface area contributed by atoms with Crippen molar-refractivity contribution >= 4 is 27.5 Å². The Balaban J connectivity index is 2.41. The molecule has 0 aliphatic carbocycles. The topological polar surface area (TPSA) is 9.23 Å². The van der Waals surface area contributed by atoms with Gasteiger partial charge in [0, 0.05) is 11.1 Å². The molecule has 0 aromatic heterocycles. The number of hydrogen-bond acceptors (Lipinski definition) is 1. The van der Waals surface area contributed by atoms with Gasteiger partial charge in [-0.05, 0) is 55.4 Å². The summed E-state index contributed by atoms with van der Waals surface area (Å²) < 4.78 is 6.98. The molecule has 1 aromatic rings. The third kappa shape index (κ3) is 2.48. The molecular formula is C15H20BrClO. The van der Waals surface area contributed by atoms with Crippen molar-refractivity contribution in [3.8, 4) is 0 Å². The molecule has 1 aliphatic rings. The molecule has 3 heteroatoms. The van der Waals surface area contributed by atoms with E-state index in [0.717, 1.165) is 13.0 Å². The van der Waals surface area contributed by atoms with Crippen molar-refractivity contribution in [1.82, 2.24) is 0 Å². The van der Waals surface area contributed by atoms with Gasteiger partial charge in [-0.15, -0.1) is 11.6 Å². The highest BCUT2D eigenvalue weighted by molar-refractivity contribution is 9.10. The molecule has 3 unspecified atom stereocenters. The van der Waals surface area contributed by atoms with Crippen LogP contribution in [0.4, 0.5) is 0 Å². The second kappa shape index (κ2) is 5.52. The van der Waals surface area contributed by atoms with Gasteiger partial charge in [-0.1, -0.05) is 28.9 Å². The molecule has 0 bridgehead atoms. The smallest absolute Gasteiger partial charge is 0.0855 e. The van der Waals surface area contributed by atoms with Gasteiger partial charge in [0.05, 0.1) is 11.5 Å². The van der Waals surface area contributed by atoms with Crippen molar-refractivity contribution in [3.05, 3.63) is 32.8 Å². The van der Waals surface area contributed by atoms with Gasteiger partial charge in [-0.25, -0.2) is 0 Å². The predicted molar refractivity (Wildman–Crippen MR) is 80.5 cm³/mol. The summed E-state index contributed by atoms with van der Waals surface area (Å²) in [6.07, 6.45) is 1.25. The molecule has 18 heavy (non-hydrogen) atoms. The lowest BCUT2D eigenvalue weighted by atomic mass is 9.91. The molecule has 1 saturated heterocycles. The van der Waals surface area contributed by atoms with Gasteiger partial charge in [0.2, 0.25) is 0 Å². The quantitative estimate of drug-likeness (QED) is 0.687. The molecule has 100 valence electrons. The average Bonchev–Trinajstić information content (AvgIpc) is 2.72. The Morgan fingerprint density at radius 2 is 2.00 bits per heavy atom. The van der Waals surface area contributed by atoms with Crippen LogP contribution in [0.5, 0.6) is 0 Å². The van der Waals surface area contributed by atoms with Gasteiger partial charge in [0.15, 0.2) is 0 Å². The molecule has 3 atom stereocenters. The summed E-state index contributed by atoms with van der Waals surface area (Å²) in [5.41, 5.74) is 5.00. The Morgan fingerprint density at radius 1 is 1.33 bits per heavy atom. The molecule has 0 amide bonds. The third-order valence-corrected chi connectivity index (χ3v) is 5.63. The Hall–Kier alpha value is -0.0500. The normalized spacial score (nSPS) is 25.4. The van der Waals surface area contributed by atoms with Gasteiger partial charge in [-0.2, -0.15) is 0 Å². The van der Waals surface area contributed by atoms with Crippen LogP contribution >= 0.6 is 27.5 Å². The first-order valence-electron chi connectivity index (χ1n) is 6.45. The standard InChI is InChI=1S/C15H20BrClO/c1-8-5-6-18-15(8)14(17)12-9(2)7-10(3)13(16)11(12)4/h7-8,14-15H,5-6H2,1-4H3. The third-order valence-electron chi connectivity index (χ3n) is 3.95. The maximum atomic E-state index is 6.70. The number of aryl methyl sites for hydroxylation is 2. The van der Waals surface area contributed by atoms with Crippen molar-refractivity contribution < 1.29 is 4.74 Å². The van der Waals surface area contributed by atoms with Crippen molar-refractivity contribution in [1.29, 1.82) is 0 Å². The largest absolute Gasteiger partial charge is 0.376 e. The van der Waals surface area contributed by atoms with E-state index in [1.165, 1.54) is 26.7 Å². The molecule has 1 fully saturated rings. The van der Waals surface area contributed by atoms with E-state index in [2.05, 4.69) is 49.7 Å².